The van der Waals surface area contributed by atoms with Crippen molar-refractivity contribution in [1.29, 1.82) is 0 Å². The number of carbonyl (C=O) groups is 1. The second kappa shape index (κ2) is 7.61. The zero-order valence-corrected chi connectivity index (χ0v) is 13.9. The fraction of sp³-hybridized carbons (Fsp3) is 0.211. The Kier molecular flexibility index (Phi) is 5.09. The number of nitrogens with one attached hydrogen (secondary N) is 2. The average Bonchev–Trinajstić information content (AvgIpc) is 2.63. The fourth-order valence-corrected chi connectivity index (χ4v) is 2.41. The molecule has 3 rings (SSSR count). The number of aromatic amines is 1. The summed E-state index contributed by atoms with van der Waals surface area (Å²) in [4.78, 5) is 30.7. The molecule has 1 atom stereocenters. The molecule has 0 aliphatic rings. The van der Waals surface area contributed by atoms with Crippen molar-refractivity contribution >= 4 is 22.5 Å². The normalized spacial score (nSPS) is 11.9. The van der Waals surface area contributed by atoms with Crippen molar-refractivity contribution in [1.82, 2.24) is 9.97 Å². The molecule has 0 aliphatic heterocycles. The van der Waals surface area contributed by atoms with Gasteiger partial charge in [-0.15, -0.1) is 0 Å². The standard InChI is InChI=1S/C19H19N3O3/c1-13(9-10-25-15-5-3-2-4-6-15)18(23)22-14-7-8-17-16(11-14)19(24)21-12-20-17/h2-8,11-13H,9-10H2,1H3,(H,22,23)(H,20,21,24)/t13-/m1/s1. The molecule has 0 fully saturated rings. The Bertz CT molecular complexity index is 922. The zero-order valence-electron chi connectivity index (χ0n) is 13.9. The highest BCUT2D eigenvalue weighted by Gasteiger charge is 2.14. The number of carbonyl (C=O) groups excluding carboxylic acids is 1. The fourth-order valence-electron chi connectivity index (χ4n) is 2.41. The van der Waals surface area contributed by atoms with E-state index in [9.17, 15) is 9.59 Å². The Morgan fingerprint density at radius 1 is 1.24 bits per heavy atom. The number of hydrogen-bond acceptors (Lipinski definition) is 4. The monoisotopic (exact) mass is 337 g/mol. The second-order valence-corrected chi connectivity index (χ2v) is 5.80. The van der Waals surface area contributed by atoms with Gasteiger partial charge in [-0.1, -0.05) is 25.1 Å². The maximum Gasteiger partial charge on any atom is 0.258 e. The summed E-state index contributed by atoms with van der Waals surface area (Å²) in [6, 6.07) is 14.6. The Morgan fingerprint density at radius 2 is 2.04 bits per heavy atom. The van der Waals surface area contributed by atoms with Crippen LogP contribution in [0.3, 0.4) is 0 Å². The number of rotatable bonds is 6. The van der Waals surface area contributed by atoms with Gasteiger partial charge in [0.05, 0.1) is 23.8 Å². The van der Waals surface area contributed by atoms with E-state index in [0.717, 1.165) is 5.75 Å². The lowest BCUT2D eigenvalue weighted by Gasteiger charge is -2.13. The molecule has 6 heteroatoms. The molecular weight excluding hydrogens is 318 g/mol. The molecule has 2 aromatic carbocycles. The number of ether oxygens (including phenoxy) is 1. The molecule has 2 N–H and O–H groups in total. The van der Waals surface area contributed by atoms with Crippen LogP contribution in [0, 0.1) is 5.92 Å². The highest BCUT2D eigenvalue weighted by atomic mass is 16.5. The molecule has 1 heterocycles. The molecule has 0 saturated carbocycles. The number of nitrogens with zero attached hydrogens (tertiary/aromatic N) is 1. The molecule has 0 aliphatic carbocycles. The van der Waals surface area contributed by atoms with E-state index in [0.29, 0.717) is 29.6 Å². The number of amides is 1. The molecule has 1 amide bonds. The van der Waals surface area contributed by atoms with Crippen LogP contribution < -0.4 is 15.6 Å². The molecule has 25 heavy (non-hydrogen) atoms. The van der Waals surface area contributed by atoms with Crippen molar-refractivity contribution in [3.8, 4) is 5.75 Å². The molecule has 0 bridgehead atoms. The lowest BCUT2D eigenvalue weighted by Crippen LogP contribution is -2.22. The minimum Gasteiger partial charge on any atom is -0.494 e. The highest BCUT2D eigenvalue weighted by molar-refractivity contribution is 5.94. The first-order valence-corrected chi connectivity index (χ1v) is 8.09. The van der Waals surface area contributed by atoms with Gasteiger partial charge in [0.25, 0.3) is 5.56 Å². The van der Waals surface area contributed by atoms with Gasteiger partial charge in [-0.05, 0) is 36.8 Å². The molecule has 6 nitrogen and oxygen atoms in total. The minimum atomic E-state index is -0.231. The van der Waals surface area contributed by atoms with Crippen molar-refractivity contribution in [2.45, 2.75) is 13.3 Å². The van der Waals surface area contributed by atoms with Crippen molar-refractivity contribution in [2.75, 3.05) is 11.9 Å². The Morgan fingerprint density at radius 3 is 2.84 bits per heavy atom. The van der Waals surface area contributed by atoms with Crippen LogP contribution in [-0.4, -0.2) is 22.5 Å². The van der Waals surface area contributed by atoms with Gasteiger partial charge in [-0.3, -0.25) is 9.59 Å². The average molecular weight is 337 g/mol. The van der Waals surface area contributed by atoms with Gasteiger partial charge in [0.1, 0.15) is 5.75 Å². The third-order valence-electron chi connectivity index (χ3n) is 3.92. The summed E-state index contributed by atoms with van der Waals surface area (Å²) in [5.74, 6) is 0.458. The molecule has 128 valence electrons. The number of hydrogen-bond donors (Lipinski definition) is 2. The third-order valence-corrected chi connectivity index (χ3v) is 3.92. The number of aromatic nitrogens is 2. The topological polar surface area (TPSA) is 84.1 Å². The van der Waals surface area contributed by atoms with Crippen molar-refractivity contribution in [3.63, 3.8) is 0 Å². The summed E-state index contributed by atoms with van der Waals surface area (Å²) in [5.41, 5.74) is 0.934. The van der Waals surface area contributed by atoms with Crippen LogP contribution in [0.2, 0.25) is 0 Å². The summed E-state index contributed by atoms with van der Waals surface area (Å²) < 4.78 is 5.62. The lowest BCUT2D eigenvalue weighted by molar-refractivity contribution is -0.119. The summed E-state index contributed by atoms with van der Waals surface area (Å²) in [5, 5.41) is 3.28. The molecular formula is C19H19N3O3. The van der Waals surface area contributed by atoms with Crippen LogP contribution >= 0.6 is 0 Å². The smallest absolute Gasteiger partial charge is 0.258 e. The van der Waals surface area contributed by atoms with Crippen molar-refractivity contribution < 1.29 is 9.53 Å². The van der Waals surface area contributed by atoms with Gasteiger partial charge in [-0.25, -0.2) is 4.98 Å². The first-order chi connectivity index (χ1) is 12.1. The predicted octanol–water partition coefficient (Wildman–Crippen LogP) is 2.97. The van der Waals surface area contributed by atoms with Crippen molar-refractivity contribution in [2.24, 2.45) is 5.92 Å². The van der Waals surface area contributed by atoms with Crippen LogP contribution in [0.4, 0.5) is 5.69 Å². The number of para-hydroxylation sites is 1. The summed E-state index contributed by atoms with van der Waals surface area (Å²) >= 11 is 0. The molecule has 1 aromatic heterocycles. The first-order valence-electron chi connectivity index (χ1n) is 8.09. The number of H-pyrrole nitrogens is 1. The van der Waals surface area contributed by atoms with Crippen molar-refractivity contribution in [3.05, 3.63) is 65.2 Å². The molecule has 3 aromatic rings. The van der Waals surface area contributed by atoms with E-state index in [-0.39, 0.29) is 17.4 Å². The van der Waals surface area contributed by atoms with Crippen LogP contribution in [0.15, 0.2) is 59.7 Å². The summed E-state index contributed by atoms with van der Waals surface area (Å²) in [7, 11) is 0. The number of anilines is 1. The van der Waals surface area contributed by atoms with Crippen LogP contribution in [0.25, 0.3) is 10.9 Å². The minimum absolute atomic E-state index is 0.115. The maximum absolute atomic E-state index is 12.3. The number of fused-ring (bicyclic) bond motifs is 1. The SMILES string of the molecule is C[C@H](CCOc1ccccc1)C(=O)Nc1ccc2nc[nH]c(=O)c2c1. The van der Waals surface area contributed by atoms with E-state index in [2.05, 4.69) is 15.3 Å². The largest absolute Gasteiger partial charge is 0.494 e. The molecule has 0 unspecified atom stereocenters. The summed E-state index contributed by atoms with van der Waals surface area (Å²) in [6.07, 6.45) is 1.95. The highest BCUT2D eigenvalue weighted by Crippen LogP contribution is 2.16. The predicted molar refractivity (Wildman–Crippen MR) is 96.7 cm³/mol. The summed E-state index contributed by atoms with van der Waals surface area (Å²) in [6.45, 7) is 2.30. The Balaban J connectivity index is 1.58. The second-order valence-electron chi connectivity index (χ2n) is 5.80. The quantitative estimate of drug-likeness (QED) is 0.724. The van der Waals surface area contributed by atoms with E-state index in [1.807, 2.05) is 37.3 Å². The van der Waals surface area contributed by atoms with Gasteiger partial charge in [0.15, 0.2) is 0 Å². The maximum atomic E-state index is 12.3. The van der Waals surface area contributed by atoms with Crippen LogP contribution in [-0.2, 0) is 4.79 Å². The van der Waals surface area contributed by atoms with Gasteiger partial charge in [0, 0.05) is 11.6 Å². The number of benzene rings is 2. The van der Waals surface area contributed by atoms with E-state index >= 15 is 0 Å². The molecule has 0 radical (unpaired) electrons. The van der Waals surface area contributed by atoms with E-state index < -0.39 is 0 Å². The van der Waals surface area contributed by atoms with Gasteiger partial charge in [0.2, 0.25) is 5.91 Å². The van der Waals surface area contributed by atoms with Gasteiger partial charge in [-0.2, -0.15) is 0 Å². The van der Waals surface area contributed by atoms with Gasteiger partial charge < -0.3 is 15.0 Å². The molecule has 0 saturated heterocycles. The third kappa shape index (κ3) is 4.23. The Labute approximate surface area is 144 Å². The van der Waals surface area contributed by atoms with Crippen LogP contribution in [0.1, 0.15) is 13.3 Å². The van der Waals surface area contributed by atoms with E-state index in [1.165, 1.54) is 6.33 Å². The first kappa shape index (κ1) is 16.7. The Hall–Kier alpha value is -3.15. The van der Waals surface area contributed by atoms with Crippen LogP contribution in [0.5, 0.6) is 5.75 Å². The van der Waals surface area contributed by atoms with Gasteiger partial charge >= 0.3 is 0 Å². The zero-order chi connectivity index (χ0) is 17.6. The van der Waals surface area contributed by atoms with E-state index in [1.54, 1.807) is 18.2 Å². The van der Waals surface area contributed by atoms with E-state index in [4.69, 9.17) is 4.74 Å². The molecule has 0 spiro atoms. The lowest BCUT2D eigenvalue weighted by atomic mass is 10.1.